The fourth-order valence-electron chi connectivity index (χ4n) is 2.66. The standard InChI is InChI=1S/C18H19BrO2/c19-17-11-12-20-18(13-17,16-9-5-2-6-10-16)21-14-15-7-3-1-4-8-15/h1-10,17H,11-14H2. The summed E-state index contributed by atoms with van der Waals surface area (Å²) in [5, 5.41) is 0. The Morgan fingerprint density at radius 2 is 1.71 bits per heavy atom. The van der Waals surface area contributed by atoms with Crippen LogP contribution in [0.5, 0.6) is 0 Å². The van der Waals surface area contributed by atoms with E-state index in [-0.39, 0.29) is 0 Å². The number of benzene rings is 2. The Hall–Kier alpha value is -1.16. The monoisotopic (exact) mass is 346 g/mol. The maximum Gasteiger partial charge on any atom is 0.196 e. The van der Waals surface area contributed by atoms with E-state index in [0.717, 1.165) is 24.0 Å². The predicted molar refractivity (Wildman–Crippen MR) is 87.3 cm³/mol. The van der Waals surface area contributed by atoms with Crippen LogP contribution in [-0.4, -0.2) is 11.4 Å². The van der Waals surface area contributed by atoms with E-state index in [2.05, 4.69) is 40.2 Å². The zero-order chi connectivity index (χ0) is 14.5. The van der Waals surface area contributed by atoms with E-state index in [1.54, 1.807) is 0 Å². The van der Waals surface area contributed by atoms with E-state index in [0.29, 0.717) is 18.0 Å². The van der Waals surface area contributed by atoms with Gasteiger partial charge in [0.2, 0.25) is 0 Å². The van der Waals surface area contributed by atoms with Crippen molar-refractivity contribution in [2.75, 3.05) is 6.61 Å². The fraction of sp³-hybridized carbons (Fsp3) is 0.333. The highest BCUT2D eigenvalue weighted by Crippen LogP contribution is 2.39. The zero-order valence-corrected chi connectivity index (χ0v) is 13.5. The van der Waals surface area contributed by atoms with E-state index in [4.69, 9.17) is 9.47 Å². The van der Waals surface area contributed by atoms with Gasteiger partial charge in [0.25, 0.3) is 0 Å². The predicted octanol–water partition coefficient (Wildman–Crippen LogP) is 4.63. The van der Waals surface area contributed by atoms with Crippen LogP contribution in [0.1, 0.15) is 24.0 Å². The lowest BCUT2D eigenvalue weighted by Gasteiger charge is -2.39. The molecule has 3 rings (SSSR count). The maximum atomic E-state index is 6.26. The molecular weight excluding hydrogens is 328 g/mol. The van der Waals surface area contributed by atoms with Crippen LogP contribution < -0.4 is 0 Å². The van der Waals surface area contributed by atoms with Crippen LogP contribution in [0.4, 0.5) is 0 Å². The van der Waals surface area contributed by atoms with Gasteiger partial charge in [-0.25, -0.2) is 0 Å². The highest BCUT2D eigenvalue weighted by atomic mass is 79.9. The number of hydrogen-bond acceptors (Lipinski definition) is 2. The summed E-state index contributed by atoms with van der Waals surface area (Å²) < 4.78 is 12.4. The van der Waals surface area contributed by atoms with Crippen LogP contribution in [0.25, 0.3) is 0 Å². The van der Waals surface area contributed by atoms with Crippen LogP contribution in [0.15, 0.2) is 60.7 Å². The lowest BCUT2D eigenvalue weighted by molar-refractivity contribution is -0.269. The molecule has 1 aliphatic heterocycles. The van der Waals surface area contributed by atoms with Crippen LogP contribution in [0.2, 0.25) is 0 Å². The van der Waals surface area contributed by atoms with Crippen molar-refractivity contribution in [3.63, 3.8) is 0 Å². The molecule has 3 heteroatoms. The molecule has 110 valence electrons. The van der Waals surface area contributed by atoms with E-state index in [1.807, 2.05) is 36.4 Å². The van der Waals surface area contributed by atoms with Crippen molar-refractivity contribution in [3.8, 4) is 0 Å². The lowest BCUT2D eigenvalue weighted by Crippen LogP contribution is -2.40. The third-order valence-corrected chi connectivity index (χ3v) is 4.57. The summed E-state index contributed by atoms with van der Waals surface area (Å²) in [4.78, 5) is 0.419. The zero-order valence-electron chi connectivity index (χ0n) is 11.9. The smallest absolute Gasteiger partial charge is 0.196 e. The van der Waals surface area contributed by atoms with Crippen LogP contribution >= 0.6 is 15.9 Å². The minimum absolute atomic E-state index is 0.419. The van der Waals surface area contributed by atoms with Gasteiger partial charge < -0.3 is 9.47 Å². The number of halogens is 1. The van der Waals surface area contributed by atoms with Gasteiger partial charge in [0, 0.05) is 16.8 Å². The second-order valence-corrected chi connectivity index (χ2v) is 6.63. The van der Waals surface area contributed by atoms with Crippen molar-refractivity contribution in [1.29, 1.82) is 0 Å². The molecular formula is C18H19BrO2. The highest BCUT2D eigenvalue weighted by molar-refractivity contribution is 9.09. The van der Waals surface area contributed by atoms with Gasteiger partial charge in [0.05, 0.1) is 13.2 Å². The first-order chi connectivity index (χ1) is 10.3. The Balaban J connectivity index is 1.83. The highest BCUT2D eigenvalue weighted by Gasteiger charge is 2.39. The molecule has 2 aromatic rings. The van der Waals surface area contributed by atoms with Gasteiger partial charge in [-0.2, -0.15) is 0 Å². The SMILES string of the molecule is BrC1CCOC(OCc2ccccc2)(c2ccccc2)C1. The van der Waals surface area contributed by atoms with Gasteiger partial charge in [0.1, 0.15) is 0 Å². The molecule has 0 radical (unpaired) electrons. The van der Waals surface area contributed by atoms with Gasteiger partial charge in [-0.15, -0.1) is 0 Å². The first kappa shape index (κ1) is 14.8. The topological polar surface area (TPSA) is 18.5 Å². The van der Waals surface area contributed by atoms with Crippen LogP contribution in [-0.2, 0) is 21.9 Å². The summed E-state index contributed by atoms with van der Waals surface area (Å²) in [5.74, 6) is -0.649. The summed E-state index contributed by atoms with van der Waals surface area (Å²) in [5.41, 5.74) is 2.25. The van der Waals surface area contributed by atoms with Gasteiger partial charge >= 0.3 is 0 Å². The van der Waals surface area contributed by atoms with Gasteiger partial charge in [-0.05, 0) is 12.0 Å². The quantitative estimate of drug-likeness (QED) is 0.751. The summed E-state index contributed by atoms with van der Waals surface area (Å²) in [6.45, 7) is 1.26. The molecule has 2 nitrogen and oxygen atoms in total. The molecule has 1 aliphatic rings. The Kier molecular flexibility index (Phi) is 4.73. The molecule has 0 aromatic heterocycles. The molecule has 1 heterocycles. The average Bonchev–Trinajstić information content (AvgIpc) is 2.55. The first-order valence-electron chi connectivity index (χ1n) is 7.30. The summed E-state index contributed by atoms with van der Waals surface area (Å²) in [6.07, 6.45) is 1.84. The van der Waals surface area contributed by atoms with E-state index >= 15 is 0 Å². The second-order valence-electron chi connectivity index (χ2n) is 5.33. The maximum absolute atomic E-state index is 6.26. The summed E-state index contributed by atoms with van der Waals surface area (Å²) >= 11 is 3.73. The number of alkyl halides is 1. The van der Waals surface area contributed by atoms with Crippen molar-refractivity contribution >= 4 is 15.9 Å². The van der Waals surface area contributed by atoms with Gasteiger partial charge in [-0.3, -0.25) is 0 Å². The molecule has 0 N–H and O–H groups in total. The minimum Gasteiger partial charge on any atom is -0.346 e. The van der Waals surface area contributed by atoms with Gasteiger partial charge in [-0.1, -0.05) is 76.6 Å². The van der Waals surface area contributed by atoms with E-state index in [1.165, 1.54) is 0 Å². The van der Waals surface area contributed by atoms with E-state index in [9.17, 15) is 0 Å². The van der Waals surface area contributed by atoms with E-state index < -0.39 is 5.79 Å². The lowest BCUT2D eigenvalue weighted by atomic mass is 9.97. The van der Waals surface area contributed by atoms with Crippen molar-refractivity contribution in [2.24, 2.45) is 0 Å². The van der Waals surface area contributed by atoms with Crippen molar-refractivity contribution < 1.29 is 9.47 Å². The Morgan fingerprint density at radius 1 is 1.05 bits per heavy atom. The summed E-state index contributed by atoms with van der Waals surface area (Å²) in [7, 11) is 0. The van der Waals surface area contributed by atoms with Crippen molar-refractivity contribution in [1.82, 2.24) is 0 Å². The Morgan fingerprint density at radius 3 is 2.38 bits per heavy atom. The Bertz CT molecular complexity index is 558. The molecule has 21 heavy (non-hydrogen) atoms. The molecule has 1 saturated heterocycles. The molecule has 2 aromatic carbocycles. The largest absolute Gasteiger partial charge is 0.346 e. The van der Waals surface area contributed by atoms with Gasteiger partial charge in [0.15, 0.2) is 5.79 Å². The normalized spacial score (nSPS) is 25.7. The molecule has 0 amide bonds. The van der Waals surface area contributed by atoms with Crippen LogP contribution in [0.3, 0.4) is 0 Å². The van der Waals surface area contributed by atoms with Crippen LogP contribution in [0, 0.1) is 0 Å². The Labute approximate surface area is 134 Å². The molecule has 0 spiro atoms. The number of hydrogen-bond donors (Lipinski definition) is 0. The third kappa shape index (κ3) is 3.54. The third-order valence-electron chi connectivity index (χ3n) is 3.78. The van der Waals surface area contributed by atoms with Crippen molar-refractivity contribution in [3.05, 3.63) is 71.8 Å². The molecule has 2 unspecified atom stereocenters. The molecule has 2 atom stereocenters. The van der Waals surface area contributed by atoms with Crippen molar-refractivity contribution in [2.45, 2.75) is 30.1 Å². The fourth-order valence-corrected chi connectivity index (χ4v) is 3.27. The molecule has 0 aliphatic carbocycles. The first-order valence-corrected chi connectivity index (χ1v) is 8.21. The number of rotatable bonds is 4. The molecule has 0 bridgehead atoms. The molecule has 1 fully saturated rings. The summed E-state index contributed by atoms with van der Waals surface area (Å²) in [6, 6.07) is 20.5. The second kappa shape index (κ2) is 6.73. The number of ether oxygens (including phenoxy) is 2. The minimum atomic E-state index is -0.649. The average molecular weight is 347 g/mol. The molecule has 0 saturated carbocycles.